The van der Waals surface area contributed by atoms with E-state index >= 15 is 0 Å². The van der Waals surface area contributed by atoms with Crippen LogP contribution in [0.2, 0.25) is 0 Å². The van der Waals surface area contributed by atoms with E-state index in [-0.39, 0.29) is 11.5 Å². The first-order chi connectivity index (χ1) is 9.16. The van der Waals surface area contributed by atoms with Crippen LogP contribution in [0.1, 0.15) is 21.5 Å². The predicted molar refractivity (Wildman–Crippen MR) is 74.1 cm³/mol. The molecule has 96 valence electrons. The Hall–Kier alpha value is -1.68. The molecule has 3 rings (SSSR count). The van der Waals surface area contributed by atoms with Crippen LogP contribution in [0.5, 0.6) is 0 Å². The number of carbonyl (C=O) groups excluding carboxylic acids is 1. The monoisotopic (exact) mass is 319 g/mol. The lowest BCUT2D eigenvalue weighted by molar-refractivity contribution is 0.0746. The van der Waals surface area contributed by atoms with Crippen LogP contribution >= 0.6 is 15.9 Å². The molecule has 1 aliphatic rings. The molecule has 2 nitrogen and oxygen atoms in total. The summed E-state index contributed by atoms with van der Waals surface area (Å²) in [5.74, 6) is -0.733. The normalized spacial score (nSPS) is 13.5. The van der Waals surface area contributed by atoms with Crippen molar-refractivity contribution in [2.45, 2.75) is 13.1 Å². The summed E-state index contributed by atoms with van der Waals surface area (Å²) < 4.78 is 14.6. The Morgan fingerprint density at radius 1 is 1.11 bits per heavy atom. The van der Waals surface area contributed by atoms with Crippen molar-refractivity contribution in [1.29, 1.82) is 0 Å². The second-order valence-electron chi connectivity index (χ2n) is 4.52. The second kappa shape index (κ2) is 4.78. The van der Waals surface area contributed by atoms with Gasteiger partial charge in [-0.1, -0.05) is 40.2 Å². The van der Waals surface area contributed by atoms with Gasteiger partial charge in [-0.2, -0.15) is 0 Å². The van der Waals surface area contributed by atoms with Crippen LogP contribution in [0, 0.1) is 5.82 Å². The molecule has 0 aliphatic carbocycles. The fraction of sp³-hybridized carbons (Fsp3) is 0.133. The lowest BCUT2D eigenvalue weighted by Crippen LogP contribution is -2.26. The van der Waals surface area contributed by atoms with Crippen LogP contribution < -0.4 is 0 Å². The van der Waals surface area contributed by atoms with Crippen molar-refractivity contribution in [3.63, 3.8) is 0 Å². The van der Waals surface area contributed by atoms with E-state index in [0.29, 0.717) is 13.1 Å². The highest BCUT2D eigenvalue weighted by molar-refractivity contribution is 9.10. The van der Waals surface area contributed by atoms with E-state index in [9.17, 15) is 9.18 Å². The van der Waals surface area contributed by atoms with Crippen molar-refractivity contribution in [2.24, 2.45) is 0 Å². The first kappa shape index (κ1) is 12.4. The average molecular weight is 320 g/mol. The van der Waals surface area contributed by atoms with Crippen LogP contribution in [-0.2, 0) is 13.1 Å². The Kier molecular flexibility index (Phi) is 3.11. The third-order valence-corrected chi connectivity index (χ3v) is 4.06. The topological polar surface area (TPSA) is 20.3 Å². The van der Waals surface area contributed by atoms with Crippen LogP contribution in [0.4, 0.5) is 4.39 Å². The van der Waals surface area contributed by atoms with Crippen molar-refractivity contribution in [2.75, 3.05) is 0 Å². The number of hydrogen-bond donors (Lipinski definition) is 0. The van der Waals surface area contributed by atoms with E-state index in [2.05, 4.69) is 15.9 Å². The zero-order chi connectivity index (χ0) is 13.4. The van der Waals surface area contributed by atoms with Gasteiger partial charge in [0.05, 0.1) is 5.56 Å². The first-order valence-corrected chi connectivity index (χ1v) is 6.76. The van der Waals surface area contributed by atoms with Gasteiger partial charge < -0.3 is 4.90 Å². The number of carbonyl (C=O) groups is 1. The van der Waals surface area contributed by atoms with Crippen molar-refractivity contribution in [3.8, 4) is 0 Å². The summed E-state index contributed by atoms with van der Waals surface area (Å²) in [4.78, 5) is 14.0. The van der Waals surface area contributed by atoms with Crippen molar-refractivity contribution < 1.29 is 9.18 Å². The van der Waals surface area contributed by atoms with Gasteiger partial charge in [0.25, 0.3) is 5.91 Å². The molecule has 0 fully saturated rings. The minimum Gasteiger partial charge on any atom is -0.330 e. The summed E-state index contributed by atoms with van der Waals surface area (Å²) in [5, 5.41) is 0. The molecule has 0 atom stereocenters. The maximum atomic E-state index is 13.6. The molecule has 19 heavy (non-hydrogen) atoms. The zero-order valence-electron chi connectivity index (χ0n) is 10.1. The number of amides is 1. The Morgan fingerprint density at radius 3 is 2.63 bits per heavy atom. The molecule has 4 heteroatoms. The van der Waals surface area contributed by atoms with E-state index < -0.39 is 5.82 Å². The summed E-state index contributed by atoms with van der Waals surface area (Å²) in [7, 11) is 0. The molecular formula is C15H11BrFNO. The van der Waals surface area contributed by atoms with Crippen molar-refractivity contribution >= 4 is 21.8 Å². The van der Waals surface area contributed by atoms with E-state index in [0.717, 1.165) is 15.6 Å². The molecule has 0 unspecified atom stereocenters. The lowest BCUT2D eigenvalue weighted by atomic mass is 10.1. The Morgan fingerprint density at radius 2 is 1.89 bits per heavy atom. The fourth-order valence-electron chi connectivity index (χ4n) is 2.33. The molecule has 2 aromatic rings. The van der Waals surface area contributed by atoms with Gasteiger partial charge in [-0.15, -0.1) is 0 Å². The fourth-order valence-corrected chi connectivity index (χ4v) is 2.86. The summed E-state index contributed by atoms with van der Waals surface area (Å²) in [6.45, 7) is 1.05. The third-order valence-electron chi connectivity index (χ3n) is 3.32. The standard InChI is InChI=1S/C15H11BrFNO/c16-13-6-3-4-10-8-18(9-12(10)13)15(19)11-5-1-2-7-14(11)17/h1-7H,8-9H2. The Bertz CT molecular complexity index is 656. The third kappa shape index (κ3) is 2.16. The molecular weight excluding hydrogens is 309 g/mol. The van der Waals surface area contributed by atoms with E-state index in [4.69, 9.17) is 0 Å². The maximum Gasteiger partial charge on any atom is 0.257 e. The minimum absolute atomic E-state index is 0.131. The lowest BCUT2D eigenvalue weighted by Gasteiger charge is -2.15. The van der Waals surface area contributed by atoms with Crippen LogP contribution in [0.15, 0.2) is 46.9 Å². The molecule has 0 saturated heterocycles. The summed E-state index contributed by atoms with van der Waals surface area (Å²) in [6, 6.07) is 12.0. The smallest absolute Gasteiger partial charge is 0.257 e. The highest BCUT2D eigenvalue weighted by atomic mass is 79.9. The SMILES string of the molecule is O=C(c1ccccc1F)N1Cc2cccc(Br)c2C1. The van der Waals surface area contributed by atoms with Crippen LogP contribution in [0.3, 0.4) is 0 Å². The first-order valence-electron chi connectivity index (χ1n) is 5.97. The summed E-state index contributed by atoms with van der Waals surface area (Å²) >= 11 is 3.48. The zero-order valence-corrected chi connectivity index (χ0v) is 11.7. The highest BCUT2D eigenvalue weighted by Gasteiger charge is 2.26. The second-order valence-corrected chi connectivity index (χ2v) is 5.37. The highest BCUT2D eigenvalue weighted by Crippen LogP contribution is 2.30. The van der Waals surface area contributed by atoms with Crippen LogP contribution in [-0.4, -0.2) is 10.8 Å². The van der Waals surface area contributed by atoms with Gasteiger partial charge in [0, 0.05) is 17.6 Å². The molecule has 0 N–H and O–H groups in total. The van der Waals surface area contributed by atoms with Gasteiger partial charge in [0.15, 0.2) is 0 Å². The summed E-state index contributed by atoms with van der Waals surface area (Å²) in [6.07, 6.45) is 0. The van der Waals surface area contributed by atoms with E-state index in [1.807, 2.05) is 18.2 Å². The molecule has 0 spiro atoms. The minimum atomic E-state index is -0.470. The quantitative estimate of drug-likeness (QED) is 0.784. The Balaban J connectivity index is 1.90. The van der Waals surface area contributed by atoms with Crippen molar-refractivity contribution in [1.82, 2.24) is 4.90 Å². The molecule has 1 amide bonds. The largest absolute Gasteiger partial charge is 0.330 e. The molecule has 0 bridgehead atoms. The molecule has 1 heterocycles. The van der Waals surface area contributed by atoms with Gasteiger partial charge in [0.1, 0.15) is 5.82 Å². The molecule has 0 aromatic heterocycles. The predicted octanol–water partition coefficient (Wildman–Crippen LogP) is 3.74. The molecule has 0 saturated carbocycles. The van der Waals surface area contributed by atoms with Gasteiger partial charge in [-0.05, 0) is 29.3 Å². The van der Waals surface area contributed by atoms with E-state index in [1.54, 1.807) is 17.0 Å². The average Bonchev–Trinajstić information content (AvgIpc) is 2.84. The van der Waals surface area contributed by atoms with Gasteiger partial charge in [-0.25, -0.2) is 4.39 Å². The molecule has 2 aromatic carbocycles. The number of halogens is 2. The summed E-state index contributed by atoms with van der Waals surface area (Å²) in [5.41, 5.74) is 2.35. The van der Waals surface area contributed by atoms with Crippen molar-refractivity contribution in [3.05, 3.63) is 69.4 Å². The Labute approximate surface area is 119 Å². The molecule has 0 radical (unpaired) electrons. The number of fused-ring (bicyclic) bond motifs is 1. The van der Waals surface area contributed by atoms with Gasteiger partial charge in [0.2, 0.25) is 0 Å². The van der Waals surface area contributed by atoms with Gasteiger partial charge >= 0.3 is 0 Å². The van der Waals surface area contributed by atoms with Gasteiger partial charge in [-0.3, -0.25) is 4.79 Å². The van der Waals surface area contributed by atoms with E-state index in [1.165, 1.54) is 12.1 Å². The number of rotatable bonds is 1. The molecule has 1 aliphatic heterocycles. The van der Waals surface area contributed by atoms with Crippen LogP contribution in [0.25, 0.3) is 0 Å². The number of hydrogen-bond acceptors (Lipinski definition) is 1. The number of nitrogens with zero attached hydrogens (tertiary/aromatic N) is 1. The maximum absolute atomic E-state index is 13.6. The number of benzene rings is 2.